The van der Waals surface area contributed by atoms with Gasteiger partial charge in [-0.1, -0.05) is 13.8 Å². The largest absolute Gasteiger partial charge is 0.319 e. The van der Waals surface area contributed by atoms with Gasteiger partial charge in [-0.2, -0.15) is 0 Å². The summed E-state index contributed by atoms with van der Waals surface area (Å²) < 4.78 is 0. The number of nitrogens with zero attached hydrogens (tertiary/aromatic N) is 4. The number of rotatable bonds is 11. The molecule has 3 aromatic rings. The minimum Gasteiger partial charge on any atom is -0.319 e. The molecule has 1 aliphatic rings. The summed E-state index contributed by atoms with van der Waals surface area (Å²) in [7, 11) is 0. The summed E-state index contributed by atoms with van der Waals surface area (Å²) in [4.78, 5) is 17.6. The summed E-state index contributed by atoms with van der Waals surface area (Å²) in [6.07, 6.45) is 12.1. The maximum absolute atomic E-state index is 7.87. The number of likely N-dealkylation sites (tertiary alicyclic amines) is 1. The second-order valence-corrected chi connectivity index (χ2v) is 10.1. The highest BCUT2D eigenvalue weighted by Crippen LogP contribution is 2.25. The number of pyridine rings is 2. The zero-order chi connectivity index (χ0) is 23.0. The van der Waals surface area contributed by atoms with Crippen LogP contribution in [0.3, 0.4) is 0 Å². The van der Waals surface area contributed by atoms with Crippen LogP contribution in [0.1, 0.15) is 43.6 Å². The lowest BCUT2D eigenvalue weighted by Crippen LogP contribution is -2.78. The molecule has 3 aromatic heterocycles. The Bertz CT molecular complexity index is 1100. The molecule has 0 atom stereocenters. The molecule has 4 rings (SSSR count). The van der Waals surface area contributed by atoms with E-state index in [0.717, 1.165) is 52.5 Å². The minimum absolute atomic E-state index is 0.611. The number of fused-ring (bicyclic) bond motifs is 1. The quantitative estimate of drug-likeness (QED) is 0.294. The molecule has 8 heteroatoms. The van der Waals surface area contributed by atoms with Crippen molar-refractivity contribution in [3.8, 4) is 0 Å². The number of nitrogens with two attached hydrogens (primary N) is 1. The first-order valence-electron chi connectivity index (χ1n) is 11.9. The molecule has 4 N–H and O–H groups in total. The van der Waals surface area contributed by atoms with E-state index in [4.69, 9.17) is 10.4 Å². The van der Waals surface area contributed by atoms with E-state index in [0.29, 0.717) is 5.92 Å². The predicted octanol–water partition coefficient (Wildman–Crippen LogP) is 4.07. The van der Waals surface area contributed by atoms with Gasteiger partial charge in [0.1, 0.15) is 12.0 Å². The van der Waals surface area contributed by atoms with Gasteiger partial charge in [-0.05, 0) is 56.5 Å². The van der Waals surface area contributed by atoms with Crippen molar-refractivity contribution < 1.29 is 5.32 Å². The van der Waals surface area contributed by atoms with Crippen LogP contribution in [0, 0.1) is 11.3 Å². The Hall–Kier alpha value is -2.68. The summed E-state index contributed by atoms with van der Waals surface area (Å²) in [5, 5.41) is 14.2. The predicted molar refractivity (Wildman–Crippen MR) is 137 cm³/mol. The van der Waals surface area contributed by atoms with Crippen molar-refractivity contribution in [1.29, 1.82) is 5.41 Å². The molecule has 174 valence electrons. The van der Waals surface area contributed by atoms with Crippen LogP contribution in [0.5, 0.6) is 0 Å². The summed E-state index contributed by atoms with van der Waals surface area (Å²) in [5.41, 5.74) is 3.40. The van der Waals surface area contributed by atoms with Crippen molar-refractivity contribution in [3.63, 3.8) is 0 Å². The average Bonchev–Trinajstić information content (AvgIpc) is 3.47. The number of thiazole rings is 1. The van der Waals surface area contributed by atoms with Gasteiger partial charge in [0, 0.05) is 42.0 Å². The molecule has 0 bridgehead atoms. The molecule has 1 saturated heterocycles. The summed E-state index contributed by atoms with van der Waals surface area (Å²) in [6, 6.07) is 5.91. The van der Waals surface area contributed by atoms with Crippen LogP contribution in [-0.4, -0.2) is 52.2 Å². The van der Waals surface area contributed by atoms with Crippen molar-refractivity contribution in [2.24, 2.45) is 5.92 Å². The molecule has 7 nitrogen and oxygen atoms in total. The first kappa shape index (κ1) is 23.5. The van der Waals surface area contributed by atoms with E-state index in [2.05, 4.69) is 39.3 Å². The Morgan fingerprint density at radius 2 is 2.06 bits per heavy atom. The molecule has 0 radical (unpaired) electrons. The summed E-state index contributed by atoms with van der Waals surface area (Å²) >= 11 is 1.67. The van der Waals surface area contributed by atoms with E-state index >= 15 is 0 Å². The Labute approximate surface area is 199 Å². The van der Waals surface area contributed by atoms with Gasteiger partial charge in [0.2, 0.25) is 0 Å². The lowest BCUT2D eigenvalue weighted by atomic mass is 10.1. The van der Waals surface area contributed by atoms with Crippen LogP contribution in [0.4, 0.5) is 10.9 Å². The summed E-state index contributed by atoms with van der Waals surface area (Å²) in [6.45, 7) is 9.11. The highest BCUT2D eigenvalue weighted by atomic mass is 32.1. The highest BCUT2D eigenvalue weighted by Gasteiger charge is 2.11. The lowest BCUT2D eigenvalue weighted by Gasteiger charge is -2.12. The van der Waals surface area contributed by atoms with E-state index < -0.39 is 0 Å². The monoisotopic (exact) mass is 464 g/mol. The topological polar surface area (TPSA) is 94.4 Å². The Morgan fingerprint density at radius 3 is 2.85 bits per heavy atom. The van der Waals surface area contributed by atoms with Crippen molar-refractivity contribution in [3.05, 3.63) is 47.2 Å². The standard InChI is InChI=1S/C25H33N7S/c1-18(2)12-21-17-29-25(33-21)31-24-7-6-22-23(30-24)13-19(16-28-22)20(14-26)15-27-8-5-11-32-9-3-4-10-32/h6-7,13-18,26-27H,3-5,8-12H2,1-2H3,(H,29,30,31)/p+1/b20-15+,26-14?. The summed E-state index contributed by atoms with van der Waals surface area (Å²) in [5.74, 6) is 1.36. The van der Waals surface area contributed by atoms with Gasteiger partial charge in [-0.25, -0.2) is 9.97 Å². The number of quaternary nitrogens is 1. The van der Waals surface area contributed by atoms with Crippen molar-refractivity contribution in [1.82, 2.24) is 19.9 Å². The first-order valence-corrected chi connectivity index (χ1v) is 12.7. The second kappa shape index (κ2) is 11.4. The number of allylic oxidation sites excluding steroid dienone is 1. The Balaban J connectivity index is 1.40. The molecule has 33 heavy (non-hydrogen) atoms. The maximum atomic E-state index is 7.87. The van der Waals surface area contributed by atoms with E-state index in [-0.39, 0.29) is 0 Å². The number of aromatic nitrogens is 3. The van der Waals surface area contributed by atoms with Crippen LogP contribution in [0.15, 0.2) is 36.8 Å². The lowest BCUT2D eigenvalue weighted by molar-refractivity contribution is -0.587. The normalized spacial score (nSPS) is 14.9. The van der Waals surface area contributed by atoms with Crippen LogP contribution in [0.2, 0.25) is 0 Å². The second-order valence-electron chi connectivity index (χ2n) is 9.01. The van der Waals surface area contributed by atoms with Crippen LogP contribution in [-0.2, 0) is 6.42 Å². The molecular weight excluding hydrogens is 430 g/mol. The van der Waals surface area contributed by atoms with Gasteiger partial charge < -0.3 is 20.9 Å². The Kier molecular flexibility index (Phi) is 8.15. The molecule has 0 unspecified atom stereocenters. The molecule has 1 aliphatic heterocycles. The number of hydrogen-bond donors (Lipinski definition) is 3. The smallest absolute Gasteiger partial charge is 0.188 e. The van der Waals surface area contributed by atoms with E-state index in [1.54, 1.807) is 11.3 Å². The van der Waals surface area contributed by atoms with Gasteiger partial charge in [0.25, 0.3) is 0 Å². The number of anilines is 2. The van der Waals surface area contributed by atoms with Crippen molar-refractivity contribution >= 4 is 45.1 Å². The first-order chi connectivity index (χ1) is 16.1. The van der Waals surface area contributed by atoms with Gasteiger partial charge >= 0.3 is 0 Å². The van der Waals surface area contributed by atoms with Crippen LogP contribution in [0.25, 0.3) is 16.6 Å². The highest BCUT2D eigenvalue weighted by molar-refractivity contribution is 7.15. The molecule has 0 aromatic carbocycles. The third-order valence-electron chi connectivity index (χ3n) is 5.77. The van der Waals surface area contributed by atoms with Crippen LogP contribution >= 0.6 is 11.3 Å². The van der Waals surface area contributed by atoms with Gasteiger partial charge in [-0.3, -0.25) is 4.98 Å². The van der Waals surface area contributed by atoms with Crippen molar-refractivity contribution in [2.45, 2.75) is 39.5 Å². The molecule has 0 spiro atoms. The third-order valence-corrected chi connectivity index (χ3v) is 6.70. The van der Waals surface area contributed by atoms with Gasteiger partial charge in [0.15, 0.2) is 5.13 Å². The van der Waals surface area contributed by atoms with E-state index in [1.165, 1.54) is 43.6 Å². The third kappa shape index (κ3) is 6.66. The molecule has 0 amide bonds. The molecule has 1 fully saturated rings. The minimum atomic E-state index is 0.611. The van der Waals surface area contributed by atoms with Crippen molar-refractivity contribution in [2.75, 3.05) is 31.5 Å². The Morgan fingerprint density at radius 1 is 1.21 bits per heavy atom. The zero-order valence-electron chi connectivity index (χ0n) is 19.6. The fourth-order valence-corrected chi connectivity index (χ4v) is 5.11. The van der Waals surface area contributed by atoms with Crippen LogP contribution < -0.4 is 10.6 Å². The van der Waals surface area contributed by atoms with Gasteiger partial charge in [-0.15, -0.1) is 11.3 Å². The van der Waals surface area contributed by atoms with Gasteiger partial charge in [0.05, 0.1) is 23.2 Å². The van der Waals surface area contributed by atoms with E-state index in [9.17, 15) is 0 Å². The molecule has 0 saturated carbocycles. The molecule has 0 aliphatic carbocycles. The fraction of sp³-hybridized carbons (Fsp3) is 0.440. The molecule has 4 heterocycles. The number of nitrogens with one attached hydrogen (secondary N) is 2. The fourth-order valence-electron chi connectivity index (χ4n) is 4.08. The number of hydrogen-bond acceptors (Lipinski definition) is 7. The maximum Gasteiger partial charge on any atom is 0.188 e. The SMILES string of the molecule is CC(C)Cc1cnc(Nc2ccc3ncc(/C(C=N)=C/[NH2+]CCCN4CCCC4)cc3n2)s1. The van der Waals surface area contributed by atoms with E-state index in [1.807, 2.05) is 36.8 Å². The molecular formula is C25H34N7S+. The zero-order valence-corrected chi connectivity index (χ0v) is 20.4. The average molecular weight is 465 g/mol.